The van der Waals surface area contributed by atoms with Gasteiger partial charge in [-0.15, -0.1) is 11.6 Å². The van der Waals surface area contributed by atoms with E-state index >= 15 is 0 Å². The van der Waals surface area contributed by atoms with Gasteiger partial charge in [-0.25, -0.2) is 8.78 Å². The lowest BCUT2D eigenvalue weighted by Crippen LogP contribution is -2.32. The Balaban J connectivity index is -0.000000592. The maximum absolute atomic E-state index is 13.3. The van der Waals surface area contributed by atoms with E-state index in [9.17, 15) is 13.2 Å². The molecule has 0 spiro atoms. The molecule has 0 amide bonds. The number of nitrogens with zero attached hydrogens (tertiary/aromatic N) is 3. The number of para-hydroxylation sites is 1. The van der Waals surface area contributed by atoms with Crippen LogP contribution >= 0.6 is 11.6 Å². The smallest absolute Gasteiger partial charge is 0.135 e. The third-order valence-electron chi connectivity index (χ3n) is 5.30. The van der Waals surface area contributed by atoms with Crippen LogP contribution in [-0.2, 0) is 0 Å². The minimum atomic E-state index is -0.594. The molecule has 0 unspecified atom stereocenters. The Labute approximate surface area is 277 Å². The average molecular weight is 646 g/mol. The molecule has 0 aliphatic heterocycles. The summed E-state index contributed by atoms with van der Waals surface area (Å²) in [5.74, 6) is -0.291. The molecule has 0 saturated heterocycles. The number of pyridine rings is 1. The van der Waals surface area contributed by atoms with Gasteiger partial charge >= 0.3 is 0 Å². The summed E-state index contributed by atoms with van der Waals surface area (Å²) in [6.07, 6.45) is 17.2. The van der Waals surface area contributed by atoms with Crippen molar-refractivity contribution in [3.63, 3.8) is 0 Å². The second kappa shape index (κ2) is 33.3. The fourth-order valence-corrected chi connectivity index (χ4v) is 2.86. The maximum atomic E-state index is 13.3. The summed E-state index contributed by atoms with van der Waals surface area (Å²) in [5.41, 5.74) is 1.97. The monoisotopic (exact) mass is 645 g/mol. The Morgan fingerprint density at radius 1 is 0.867 bits per heavy atom. The summed E-state index contributed by atoms with van der Waals surface area (Å²) in [6.45, 7) is 20.1. The maximum Gasteiger partial charge on any atom is 0.135 e. The lowest BCUT2D eigenvalue weighted by atomic mass is 10.1. The largest absolute Gasteiger partial charge is 0.335 e. The van der Waals surface area contributed by atoms with Crippen LogP contribution in [0.1, 0.15) is 47.5 Å². The van der Waals surface area contributed by atoms with Crippen LogP contribution in [-0.4, -0.2) is 43.7 Å². The van der Waals surface area contributed by atoms with E-state index in [0.29, 0.717) is 18.4 Å². The fourth-order valence-electron chi connectivity index (χ4n) is 2.86. The van der Waals surface area contributed by atoms with Gasteiger partial charge in [-0.2, -0.15) is 0 Å². The summed E-state index contributed by atoms with van der Waals surface area (Å²) in [5, 5.41) is 0. The van der Waals surface area contributed by atoms with Crippen LogP contribution < -0.4 is 4.90 Å². The minimum absolute atomic E-state index is 0.312. The number of allylic oxidation sites excluding steroid dienone is 4. The van der Waals surface area contributed by atoms with Gasteiger partial charge in [0.15, 0.2) is 0 Å². The fraction of sp³-hybridized carbons (Fsp3) is 0.342. The van der Waals surface area contributed by atoms with Crippen LogP contribution in [0.4, 0.5) is 18.9 Å². The molecule has 7 heteroatoms. The number of halogens is 4. The first-order valence-electron chi connectivity index (χ1n) is 14.9. The van der Waals surface area contributed by atoms with Gasteiger partial charge in [0, 0.05) is 36.4 Å². The predicted molar refractivity (Wildman–Crippen MR) is 195 cm³/mol. The third kappa shape index (κ3) is 25.4. The first kappa shape index (κ1) is 45.8. The summed E-state index contributed by atoms with van der Waals surface area (Å²) >= 11 is 4.64. The summed E-state index contributed by atoms with van der Waals surface area (Å²) < 4.78 is 35.4. The van der Waals surface area contributed by atoms with E-state index in [-0.39, 0.29) is 0 Å². The summed E-state index contributed by atoms with van der Waals surface area (Å²) in [4.78, 5) is 8.31. The highest BCUT2D eigenvalue weighted by atomic mass is 35.5. The van der Waals surface area contributed by atoms with Gasteiger partial charge in [-0.05, 0) is 55.6 Å². The number of anilines is 1. The van der Waals surface area contributed by atoms with Crippen LogP contribution in [0.3, 0.4) is 0 Å². The Morgan fingerprint density at radius 2 is 1.44 bits per heavy atom. The normalized spacial score (nSPS) is 9.64. The van der Waals surface area contributed by atoms with E-state index in [2.05, 4.69) is 99.4 Å². The Hall–Kier alpha value is -3.61. The minimum Gasteiger partial charge on any atom is -0.335 e. The second-order valence-electron chi connectivity index (χ2n) is 9.57. The van der Waals surface area contributed by atoms with Crippen LogP contribution in [0.2, 0.25) is 0 Å². The molecular weight excluding hydrogens is 591 g/mol. The Bertz CT molecular complexity index is 1140. The van der Waals surface area contributed by atoms with Gasteiger partial charge < -0.3 is 4.90 Å². The van der Waals surface area contributed by atoms with Crippen molar-refractivity contribution in [3.05, 3.63) is 134 Å². The zero-order valence-electron chi connectivity index (χ0n) is 28.6. The molecule has 250 valence electrons. The van der Waals surface area contributed by atoms with Gasteiger partial charge in [0.05, 0.1) is 19.5 Å². The van der Waals surface area contributed by atoms with E-state index in [1.165, 1.54) is 31.4 Å². The molecule has 1 aromatic heterocycles. The first-order valence-corrected chi connectivity index (χ1v) is 15.7. The second-order valence-corrected chi connectivity index (χ2v) is 9.57. The molecule has 3 aromatic rings. The topological polar surface area (TPSA) is 19.4 Å². The first-order chi connectivity index (χ1) is 21.7. The van der Waals surface area contributed by atoms with Crippen LogP contribution in [0.5, 0.6) is 0 Å². The van der Waals surface area contributed by atoms with E-state index in [1.54, 1.807) is 30.5 Å². The van der Waals surface area contributed by atoms with Crippen molar-refractivity contribution >= 4 is 17.3 Å². The molecule has 0 atom stereocenters. The molecule has 0 saturated carbocycles. The lowest BCUT2D eigenvalue weighted by Gasteiger charge is -2.25. The van der Waals surface area contributed by atoms with Crippen molar-refractivity contribution in [1.82, 2.24) is 9.88 Å². The summed E-state index contributed by atoms with van der Waals surface area (Å²) in [6, 6.07) is 18.9. The van der Waals surface area contributed by atoms with Crippen molar-refractivity contribution in [2.75, 3.05) is 38.7 Å². The molecule has 0 fully saturated rings. The number of rotatable bonds is 10. The predicted octanol–water partition coefficient (Wildman–Crippen LogP) is 11.8. The molecule has 2 aromatic carbocycles. The standard InChI is InChI=1S/C17H22N2.C11H7F2N.C5H12.C3H8.CH3Cl.CH3F/c1-4-6-7-8-12-15-18(3)16-19(5-2)17-13-10-9-11-14-17;12-8-4-5-9(10(13)7-8)11-3-1-2-6-14-11;1-4-5(2)3;1-3-2;2*1-2/h4-14H,1-2,15-16H2,3H3;1-7H;5H,4H2,1-3H3;3H2,1-2H3;2*1H3/b7-6-,12-8-;;;;;. The highest BCUT2D eigenvalue weighted by Crippen LogP contribution is 2.20. The summed E-state index contributed by atoms with van der Waals surface area (Å²) in [7, 11) is 2.58. The SMILES string of the molecule is C=C/C=C\C=C/CN(C)CN(C=C)c1ccccc1.CCC.CCC(C)C.CCl.CF.Fc1ccc(-c2ccccn2)c(F)c1. The number of alkyl halides is 2. The van der Waals surface area contributed by atoms with Crippen molar-refractivity contribution in [3.8, 4) is 11.3 Å². The van der Waals surface area contributed by atoms with Crippen LogP contribution in [0.25, 0.3) is 11.3 Å². The van der Waals surface area contributed by atoms with E-state index in [4.69, 9.17) is 0 Å². The molecule has 0 aliphatic rings. The molecule has 45 heavy (non-hydrogen) atoms. The molecule has 0 radical (unpaired) electrons. The molecule has 0 bridgehead atoms. The zero-order valence-corrected chi connectivity index (χ0v) is 29.3. The van der Waals surface area contributed by atoms with E-state index in [0.717, 1.165) is 30.9 Å². The number of hydrogen-bond acceptors (Lipinski definition) is 3. The number of hydrogen-bond donors (Lipinski definition) is 0. The van der Waals surface area contributed by atoms with Gasteiger partial charge in [-0.1, -0.05) is 115 Å². The third-order valence-corrected chi connectivity index (χ3v) is 5.30. The van der Waals surface area contributed by atoms with Crippen molar-refractivity contribution in [2.45, 2.75) is 47.5 Å². The quantitative estimate of drug-likeness (QED) is 0.124. The van der Waals surface area contributed by atoms with Crippen molar-refractivity contribution < 1.29 is 13.2 Å². The molecule has 3 rings (SSSR count). The number of benzene rings is 2. The Morgan fingerprint density at radius 3 is 1.91 bits per heavy atom. The van der Waals surface area contributed by atoms with Gasteiger partial charge in [0.1, 0.15) is 11.6 Å². The molecule has 3 nitrogen and oxygen atoms in total. The highest BCUT2D eigenvalue weighted by Gasteiger charge is 2.06. The van der Waals surface area contributed by atoms with Crippen LogP contribution in [0, 0.1) is 17.6 Å². The van der Waals surface area contributed by atoms with E-state index < -0.39 is 11.6 Å². The molecular formula is C38H55ClF3N3. The average Bonchev–Trinajstić information content (AvgIpc) is 3.07. The van der Waals surface area contributed by atoms with Gasteiger partial charge in [0.25, 0.3) is 0 Å². The Kier molecular flexibility index (Phi) is 33.9. The van der Waals surface area contributed by atoms with Crippen LogP contribution in [0.15, 0.2) is 123 Å². The van der Waals surface area contributed by atoms with Gasteiger partial charge in [-0.3, -0.25) is 14.3 Å². The van der Waals surface area contributed by atoms with Gasteiger partial charge in [0.2, 0.25) is 0 Å². The number of likely N-dealkylation sites (N-methyl/N-ethyl adjacent to an activating group) is 1. The van der Waals surface area contributed by atoms with Crippen molar-refractivity contribution in [1.29, 1.82) is 0 Å². The molecule has 1 heterocycles. The lowest BCUT2D eigenvalue weighted by molar-refractivity contribution is 0.378. The van der Waals surface area contributed by atoms with Crippen molar-refractivity contribution in [2.24, 2.45) is 5.92 Å². The molecule has 0 aliphatic carbocycles. The highest BCUT2D eigenvalue weighted by molar-refractivity contribution is 6.15. The van der Waals surface area contributed by atoms with E-state index in [1.807, 2.05) is 42.6 Å². The molecule has 0 N–H and O–H groups in total. The zero-order chi connectivity index (χ0) is 34.9. The number of aromatic nitrogens is 1.